The average Bonchev–Trinajstić information content (AvgIpc) is 2.72. The van der Waals surface area contributed by atoms with E-state index in [4.69, 9.17) is 25.8 Å². The van der Waals surface area contributed by atoms with Crippen LogP contribution in [-0.2, 0) is 9.53 Å². The largest absolute Gasteiger partial charge is 0.490 e. The van der Waals surface area contributed by atoms with Crippen molar-refractivity contribution in [1.29, 1.82) is 0 Å². The van der Waals surface area contributed by atoms with Gasteiger partial charge in [-0.15, -0.1) is 0 Å². The van der Waals surface area contributed by atoms with Gasteiger partial charge in [0.05, 0.1) is 12.1 Å². The van der Waals surface area contributed by atoms with E-state index >= 15 is 0 Å². The molecular formula is C21H22ClNO5. The molecule has 0 aliphatic heterocycles. The zero-order chi connectivity index (χ0) is 20.5. The lowest BCUT2D eigenvalue weighted by Crippen LogP contribution is -2.21. The van der Waals surface area contributed by atoms with E-state index < -0.39 is 11.8 Å². The van der Waals surface area contributed by atoms with Gasteiger partial charge in [-0.05, 0) is 31.2 Å². The molecule has 0 amide bonds. The number of ketones is 1. The van der Waals surface area contributed by atoms with E-state index in [9.17, 15) is 9.59 Å². The van der Waals surface area contributed by atoms with E-state index in [0.29, 0.717) is 27.8 Å². The number of nitrogens with one attached hydrogen (secondary N) is 1. The minimum Gasteiger partial charge on any atom is -0.490 e. The minimum absolute atomic E-state index is 0.0517. The Labute approximate surface area is 169 Å². The van der Waals surface area contributed by atoms with Crippen LogP contribution in [0.2, 0.25) is 5.02 Å². The van der Waals surface area contributed by atoms with Crippen LogP contribution in [0.25, 0.3) is 0 Å². The number of allylic oxidation sites excluding steroid dienone is 1. The van der Waals surface area contributed by atoms with Crippen molar-refractivity contribution in [3.63, 3.8) is 0 Å². The van der Waals surface area contributed by atoms with Gasteiger partial charge >= 0.3 is 5.97 Å². The van der Waals surface area contributed by atoms with Crippen molar-refractivity contribution in [1.82, 2.24) is 5.32 Å². The van der Waals surface area contributed by atoms with Crippen LogP contribution >= 0.6 is 11.6 Å². The predicted molar refractivity (Wildman–Crippen MR) is 107 cm³/mol. The standard InChI is InChI=1S/C21H22ClNO5/c1-14(23-2)19(21(25)26-3)20(24)15-7-6-8-16(13-15)27-11-12-28-18-10-5-4-9-17(18)22/h4-10,13,23H,11-12H2,1-3H3. The summed E-state index contributed by atoms with van der Waals surface area (Å²) in [4.78, 5) is 24.7. The molecule has 0 saturated carbocycles. The quantitative estimate of drug-likeness (QED) is 0.172. The molecule has 28 heavy (non-hydrogen) atoms. The fraction of sp³-hybridized carbons (Fsp3) is 0.238. The number of rotatable bonds is 9. The number of methoxy groups -OCH3 is 1. The molecule has 0 aliphatic rings. The molecule has 2 rings (SSSR count). The third kappa shape index (κ3) is 5.50. The van der Waals surface area contributed by atoms with Crippen LogP contribution in [0, 0.1) is 0 Å². The lowest BCUT2D eigenvalue weighted by atomic mass is 10.0. The molecule has 148 valence electrons. The Hall–Kier alpha value is -2.99. The summed E-state index contributed by atoms with van der Waals surface area (Å²) in [5, 5.41) is 3.33. The molecule has 6 nitrogen and oxygen atoms in total. The van der Waals surface area contributed by atoms with Crippen LogP contribution in [0.5, 0.6) is 11.5 Å². The molecule has 0 heterocycles. The first-order valence-electron chi connectivity index (χ1n) is 8.59. The third-order valence-corrected chi connectivity index (χ3v) is 4.22. The topological polar surface area (TPSA) is 73.9 Å². The number of benzene rings is 2. The Balaban J connectivity index is 2.04. The summed E-state index contributed by atoms with van der Waals surface area (Å²) >= 11 is 6.03. The lowest BCUT2D eigenvalue weighted by Gasteiger charge is -2.12. The number of hydrogen-bond donors (Lipinski definition) is 1. The number of carbonyl (C=O) groups excluding carboxylic acids is 2. The van der Waals surface area contributed by atoms with Crippen molar-refractivity contribution in [3.8, 4) is 11.5 Å². The summed E-state index contributed by atoms with van der Waals surface area (Å²) in [5.41, 5.74) is 0.694. The average molecular weight is 404 g/mol. The first-order valence-corrected chi connectivity index (χ1v) is 8.97. The van der Waals surface area contributed by atoms with E-state index in [0.717, 1.165) is 0 Å². The van der Waals surface area contributed by atoms with Crippen molar-refractivity contribution < 1.29 is 23.8 Å². The maximum atomic E-state index is 12.8. The summed E-state index contributed by atoms with van der Waals surface area (Å²) < 4.78 is 15.9. The molecule has 0 aliphatic carbocycles. The summed E-state index contributed by atoms with van der Waals surface area (Å²) in [6.45, 7) is 2.18. The molecule has 0 saturated heterocycles. The fourth-order valence-electron chi connectivity index (χ4n) is 2.39. The third-order valence-electron chi connectivity index (χ3n) is 3.91. The molecule has 0 bridgehead atoms. The zero-order valence-corrected chi connectivity index (χ0v) is 16.7. The van der Waals surface area contributed by atoms with E-state index in [2.05, 4.69) is 5.32 Å². The minimum atomic E-state index is -0.698. The van der Waals surface area contributed by atoms with E-state index in [1.54, 1.807) is 50.4 Å². The molecule has 2 aromatic rings. The first kappa shape index (κ1) is 21.3. The molecule has 0 aromatic heterocycles. The van der Waals surface area contributed by atoms with Crippen LogP contribution in [0.4, 0.5) is 0 Å². The Morgan fingerprint density at radius 1 is 1.04 bits per heavy atom. The second-order valence-electron chi connectivity index (χ2n) is 5.73. The van der Waals surface area contributed by atoms with Gasteiger partial charge in [-0.2, -0.15) is 0 Å². The highest BCUT2D eigenvalue weighted by Crippen LogP contribution is 2.23. The molecule has 0 spiro atoms. The van der Waals surface area contributed by atoms with E-state index in [-0.39, 0.29) is 18.8 Å². The molecule has 0 unspecified atom stereocenters. The normalized spacial score (nSPS) is 11.3. The van der Waals surface area contributed by atoms with Crippen LogP contribution < -0.4 is 14.8 Å². The number of hydrogen-bond acceptors (Lipinski definition) is 6. The summed E-state index contributed by atoms with van der Waals surface area (Å²) in [6.07, 6.45) is 0. The number of para-hydroxylation sites is 1. The highest BCUT2D eigenvalue weighted by Gasteiger charge is 2.23. The highest BCUT2D eigenvalue weighted by molar-refractivity contribution is 6.32. The van der Waals surface area contributed by atoms with Crippen molar-refractivity contribution in [2.24, 2.45) is 0 Å². The molecule has 0 fully saturated rings. The van der Waals surface area contributed by atoms with Crippen molar-refractivity contribution in [2.75, 3.05) is 27.4 Å². The van der Waals surface area contributed by atoms with Gasteiger partial charge in [-0.1, -0.05) is 35.9 Å². The predicted octanol–water partition coefficient (Wildman–Crippen LogP) is 3.65. The van der Waals surface area contributed by atoms with Gasteiger partial charge in [0.2, 0.25) is 5.78 Å². The monoisotopic (exact) mass is 403 g/mol. The molecule has 0 radical (unpaired) electrons. The second-order valence-corrected chi connectivity index (χ2v) is 6.13. The maximum Gasteiger partial charge on any atom is 0.343 e. The SMILES string of the molecule is CNC(C)=C(C(=O)OC)C(=O)c1cccc(OCCOc2ccccc2Cl)c1. The van der Waals surface area contributed by atoms with Crippen LogP contribution in [-0.4, -0.2) is 39.1 Å². The van der Waals surface area contributed by atoms with Gasteiger partial charge in [-0.3, -0.25) is 4.79 Å². The number of esters is 1. The van der Waals surface area contributed by atoms with Crippen LogP contribution in [0.15, 0.2) is 59.8 Å². The van der Waals surface area contributed by atoms with Gasteiger partial charge < -0.3 is 19.5 Å². The smallest absolute Gasteiger partial charge is 0.343 e. The number of ether oxygens (including phenoxy) is 3. The molecule has 0 atom stereocenters. The Bertz CT molecular complexity index is 879. The molecule has 1 N–H and O–H groups in total. The van der Waals surface area contributed by atoms with Crippen molar-refractivity contribution in [3.05, 3.63) is 70.4 Å². The molecular weight excluding hydrogens is 382 g/mol. The fourth-order valence-corrected chi connectivity index (χ4v) is 2.58. The first-order chi connectivity index (χ1) is 13.5. The van der Waals surface area contributed by atoms with Gasteiger partial charge in [0.25, 0.3) is 0 Å². The number of Topliss-reactive ketones (excluding diaryl/α,β-unsaturated/α-hetero) is 1. The van der Waals surface area contributed by atoms with Gasteiger partial charge in [-0.25, -0.2) is 4.79 Å². The lowest BCUT2D eigenvalue weighted by molar-refractivity contribution is -0.135. The second kappa shape index (κ2) is 10.4. The Kier molecular flexibility index (Phi) is 7.89. The van der Waals surface area contributed by atoms with Crippen LogP contribution in [0.3, 0.4) is 0 Å². The van der Waals surface area contributed by atoms with Gasteiger partial charge in [0.1, 0.15) is 30.3 Å². The number of halogens is 1. The Morgan fingerprint density at radius 2 is 1.75 bits per heavy atom. The van der Waals surface area contributed by atoms with E-state index in [1.165, 1.54) is 7.11 Å². The summed E-state index contributed by atoms with van der Waals surface area (Å²) in [7, 11) is 2.86. The zero-order valence-electron chi connectivity index (χ0n) is 16.0. The van der Waals surface area contributed by atoms with Gasteiger partial charge in [0.15, 0.2) is 0 Å². The summed E-state index contributed by atoms with van der Waals surface area (Å²) in [6, 6.07) is 13.8. The van der Waals surface area contributed by atoms with Crippen molar-refractivity contribution >= 4 is 23.4 Å². The number of carbonyl (C=O) groups is 2. The van der Waals surface area contributed by atoms with Gasteiger partial charge in [0, 0.05) is 18.3 Å². The van der Waals surface area contributed by atoms with Crippen molar-refractivity contribution in [2.45, 2.75) is 6.92 Å². The molecule has 7 heteroatoms. The maximum absolute atomic E-state index is 12.8. The van der Waals surface area contributed by atoms with Crippen LogP contribution in [0.1, 0.15) is 17.3 Å². The highest BCUT2D eigenvalue weighted by atomic mass is 35.5. The Morgan fingerprint density at radius 3 is 2.43 bits per heavy atom. The summed E-state index contributed by atoms with van der Waals surface area (Å²) in [5.74, 6) is -0.0835. The van der Waals surface area contributed by atoms with E-state index in [1.807, 2.05) is 12.1 Å². The molecule has 2 aromatic carbocycles.